The monoisotopic (exact) mass is 299 g/mol. The number of hydrogen-bond donors (Lipinski definition) is 2. The third-order valence-corrected chi connectivity index (χ3v) is 3.67. The molecule has 22 heavy (non-hydrogen) atoms. The zero-order chi connectivity index (χ0) is 15.1. The van der Waals surface area contributed by atoms with Gasteiger partial charge in [-0.1, -0.05) is 17.2 Å². The largest absolute Gasteiger partial charge is 0.395 e. The second kappa shape index (κ2) is 4.79. The summed E-state index contributed by atoms with van der Waals surface area (Å²) < 4.78 is 1.93. The van der Waals surface area contributed by atoms with Gasteiger partial charge in [0.15, 0.2) is 6.29 Å². The number of carbonyl (C=O) groups excluding carboxylic acids is 1. The summed E-state index contributed by atoms with van der Waals surface area (Å²) in [5.74, 6) is 0.690. The van der Waals surface area contributed by atoms with Crippen LogP contribution in [0, 0.1) is 0 Å². The SMILES string of the molecule is Cn1c(N2C=CON2)c(C=O)c2c(N3C=CON3)cccc21. The van der Waals surface area contributed by atoms with Crippen molar-refractivity contribution in [2.24, 2.45) is 7.05 Å². The van der Waals surface area contributed by atoms with Gasteiger partial charge in [-0.3, -0.25) is 4.79 Å². The van der Waals surface area contributed by atoms with Gasteiger partial charge >= 0.3 is 0 Å². The fourth-order valence-corrected chi connectivity index (χ4v) is 2.76. The number of nitrogens with one attached hydrogen (secondary N) is 2. The number of anilines is 2. The molecule has 0 radical (unpaired) electrons. The number of hydrazine groups is 2. The predicted molar refractivity (Wildman–Crippen MR) is 80.0 cm³/mol. The molecule has 0 atom stereocenters. The Kier molecular flexibility index (Phi) is 2.78. The van der Waals surface area contributed by atoms with E-state index in [2.05, 4.69) is 11.2 Å². The van der Waals surface area contributed by atoms with E-state index in [9.17, 15) is 4.79 Å². The Labute approximate surface area is 125 Å². The topological polar surface area (TPSA) is 71.0 Å². The van der Waals surface area contributed by atoms with E-state index < -0.39 is 0 Å². The van der Waals surface area contributed by atoms with Crippen LogP contribution in [0.25, 0.3) is 10.9 Å². The molecule has 0 saturated heterocycles. The number of fused-ring (bicyclic) bond motifs is 1. The van der Waals surface area contributed by atoms with Crippen LogP contribution in [0.5, 0.6) is 0 Å². The van der Waals surface area contributed by atoms with Crippen LogP contribution < -0.4 is 21.2 Å². The summed E-state index contributed by atoms with van der Waals surface area (Å²) in [6, 6.07) is 5.79. The first-order valence-corrected chi connectivity index (χ1v) is 6.62. The first kappa shape index (κ1) is 12.7. The lowest BCUT2D eigenvalue weighted by atomic mass is 10.1. The van der Waals surface area contributed by atoms with Crippen LogP contribution >= 0.6 is 0 Å². The first-order valence-electron chi connectivity index (χ1n) is 6.62. The Bertz CT molecular complexity index is 810. The molecule has 0 fully saturated rings. The predicted octanol–water partition coefficient (Wildman–Crippen LogP) is 1.45. The highest BCUT2D eigenvalue weighted by Gasteiger charge is 2.25. The molecule has 2 aliphatic heterocycles. The lowest BCUT2D eigenvalue weighted by Crippen LogP contribution is -2.29. The Hall–Kier alpha value is -2.97. The van der Waals surface area contributed by atoms with E-state index in [1.165, 1.54) is 12.5 Å². The summed E-state index contributed by atoms with van der Waals surface area (Å²) in [6.45, 7) is 0. The molecule has 8 heteroatoms. The molecule has 1 aromatic carbocycles. The van der Waals surface area contributed by atoms with Gasteiger partial charge in [-0.15, -0.1) is 0 Å². The average molecular weight is 299 g/mol. The van der Waals surface area contributed by atoms with Crippen molar-refractivity contribution in [3.63, 3.8) is 0 Å². The summed E-state index contributed by atoms with van der Waals surface area (Å²) in [7, 11) is 1.89. The molecule has 0 saturated carbocycles. The molecular weight excluding hydrogens is 286 g/mol. The van der Waals surface area contributed by atoms with Crippen molar-refractivity contribution >= 4 is 28.7 Å². The summed E-state index contributed by atoms with van der Waals surface area (Å²) in [6.07, 6.45) is 7.33. The van der Waals surface area contributed by atoms with Crippen LogP contribution in [0.4, 0.5) is 11.5 Å². The molecule has 8 nitrogen and oxygen atoms in total. The number of carbonyl (C=O) groups is 1. The lowest BCUT2D eigenvalue weighted by Gasteiger charge is -2.16. The van der Waals surface area contributed by atoms with Gasteiger partial charge in [0.05, 0.1) is 29.2 Å². The molecule has 0 unspecified atom stereocenters. The summed E-state index contributed by atoms with van der Waals surface area (Å²) in [5, 5.41) is 4.18. The van der Waals surface area contributed by atoms with Crippen molar-refractivity contribution in [2.45, 2.75) is 0 Å². The zero-order valence-corrected chi connectivity index (χ0v) is 11.7. The molecule has 0 bridgehead atoms. The average Bonchev–Trinajstić information content (AvgIpc) is 3.27. The van der Waals surface area contributed by atoms with Crippen LogP contribution in [0.3, 0.4) is 0 Å². The van der Waals surface area contributed by atoms with E-state index in [1.54, 1.807) is 22.4 Å². The quantitative estimate of drug-likeness (QED) is 0.831. The smallest absolute Gasteiger partial charge is 0.154 e. The van der Waals surface area contributed by atoms with Gasteiger partial charge in [0.25, 0.3) is 0 Å². The van der Waals surface area contributed by atoms with Gasteiger partial charge in [-0.2, -0.15) is 0 Å². The normalized spacial score (nSPS) is 16.4. The number of rotatable bonds is 3. The third-order valence-electron chi connectivity index (χ3n) is 3.67. The maximum absolute atomic E-state index is 11.8. The van der Waals surface area contributed by atoms with E-state index in [-0.39, 0.29) is 0 Å². The lowest BCUT2D eigenvalue weighted by molar-refractivity contribution is 0.112. The maximum Gasteiger partial charge on any atom is 0.154 e. The third kappa shape index (κ3) is 1.68. The Morgan fingerprint density at radius 3 is 2.45 bits per heavy atom. The molecule has 0 aliphatic carbocycles. The summed E-state index contributed by atoms with van der Waals surface area (Å²) in [5.41, 5.74) is 7.74. The molecule has 3 heterocycles. The van der Waals surface area contributed by atoms with Crippen LogP contribution in [0.15, 0.2) is 43.1 Å². The van der Waals surface area contributed by atoms with E-state index in [0.717, 1.165) is 22.9 Å². The highest BCUT2D eigenvalue weighted by Crippen LogP contribution is 2.37. The van der Waals surface area contributed by atoms with Crippen molar-refractivity contribution in [3.05, 3.63) is 48.7 Å². The minimum atomic E-state index is 0.554. The van der Waals surface area contributed by atoms with Crippen molar-refractivity contribution < 1.29 is 14.5 Å². The number of nitrogens with zero attached hydrogens (tertiary/aromatic N) is 3. The van der Waals surface area contributed by atoms with Crippen molar-refractivity contribution in [1.29, 1.82) is 0 Å². The molecule has 0 amide bonds. The molecule has 2 aliphatic rings. The molecule has 2 N–H and O–H groups in total. The fourth-order valence-electron chi connectivity index (χ4n) is 2.76. The second-order valence-electron chi connectivity index (χ2n) is 4.81. The van der Waals surface area contributed by atoms with Gasteiger partial charge in [0.2, 0.25) is 0 Å². The van der Waals surface area contributed by atoms with E-state index in [0.29, 0.717) is 11.4 Å². The fraction of sp³-hybridized carbons (Fsp3) is 0.0714. The summed E-state index contributed by atoms with van der Waals surface area (Å²) >= 11 is 0. The van der Waals surface area contributed by atoms with Gasteiger partial charge in [0, 0.05) is 12.4 Å². The number of aromatic nitrogens is 1. The molecule has 2 aromatic rings. The van der Waals surface area contributed by atoms with Crippen LogP contribution in [-0.4, -0.2) is 10.9 Å². The Morgan fingerprint density at radius 1 is 1.09 bits per heavy atom. The van der Waals surface area contributed by atoms with Crippen LogP contribution in [-0.2, 0) is 16.7 Å². The number of aryl methyl sites for hydroxylation is 1. The number of hydrogen-bond acceptors (Lipinski definition) is 7. The molecular formula is C14H13N5O3. The molecule has 0 spiro atoms. The highest BCUT2D eigenvalue weighted by atomic mass is 16.7. The molecule has 112 valence electrons. The van der Waals surface area contributed by atoms with Gasteiger partial charge < -0.3 is 14.2 Å². The van der Waals surface area contributed by atoms with E-state index in [1.807, 2.05) is 29.8 Å². The highest BCUT2D eigenvalue weighted by molar-refractivity contribution is 6.10. The minimum Gasteiger partial charge on any atom is -0.395 e. The van der Waals surface area contributed by atoms with Crippen LogP contribution in [0.2, 0.25) is 0 Å². The summed E-state index contributed by atoms with van der Waals surface area (Å²) in [4.78, 5) is 21.8. The first-order chi connectivity index (χ1) is 10.8. The van der Waals surface area contributed by atoms with Gasteiger partial charge in [-0.05, 0) is 12.1 Å². The molecule has 1 aromatic heterocycles. The Morgan fingerprint density at radius 2 is 1.82 bits per heavy atom. The van der Waals surface area contributed by atoms with E-state index >= 15 is 0 Å². The number of aldehydes is 1. The van der Waals surface area contributed by atoms with Crippen molar-refractivity contribution in [3.8, 4) is 0 Å². The van der Waals surface area contributed by atoms with Crippen molar-refractivity contribution in [1.82, 2.24) is 15.7 Å². The van der Waals surface area contributed by atoms with E-state index in [4.69, 9.17) is 9.68 Å². The Balaban J connectivity index is 2.00. The van der Waals surface area contributed by atoms with Gasteiger partial charge in [-0.25, -0.2) is 10.0 Å². The van der Waals surface area contributed by atoms with Crippen LogP contribution in [0.1, 0.15) is 10.4 Å². The van der Waals surface area contributed by atoms with Gasteiger partial charge in [0.1, 0.15) is 18.3 Å². The number of benzene rings is 1. The standard InChI is InChI=1S/C14H13N5O3/c1-17-11-3-2-4-12(18-5-7-21-15-18)13(11)10(9-20)14(17)19-6-8-22-16-19/h2-9,15-16H,1H3. The second-order valence-corrected chi connectivity index (χ2v) is 4.81. The zero-order valence-electron chi connectivity index (χ0n) is 11.7. The maximum atomic E-state index is 11.8. The molecule has 4 rings (SSSR count). The van der Waals surface area contributed by atoms with Crippen molar-refractivity contribution in [2.75, 3.05) is 10.0 Å². The minimum absolute atomic E-state index is 0.554.